The molecule has 0 bridgehead atoms. The van der Waals surface area contributed by atoms with Crippen molar-refractivity contribution in [1.29, 1.82) is 0 Å². The van der Waals surface area contributed by atoms with Gasteiger partial charge in [0, 0.05) is 5.02 Å². The van der Waals surface area contributed by atoms with Gasteiger partial charge >= 0.3 is 0 Å². The van der Waals surface area contributed by atoms with Gasteiger partial charge in [0.1, 0.15) is 0 Å². The minimum absolute atomic E-state index is 0.175. The fourth-order valence-electron chi connectivity index (χ4n) is 2.94. The number of benzene rings is 3. The molecule has 0 aliphatic carbocycles. The van der Waals surface area contributed by atoms with E-state index in [4.69, 9.17) is 11.6 Å². The van der Waals surface area contributed by atoms with E-state index in [0.717, 1.165) is 24.1 Å². The molecular formula is C22H22ClNO. The molecule has 0 radical (unpaired) electrons. The molecule has 0 saturated carbocycles. The summed E-state index contributed by atoms with van der Waals surface area (Å²) in [4.78, 5) is 0. The van der Waals surface area contributed by atoms with Crippen molar-refractivity contribution in [1.82, 2.24) is 5.32 Å². The van der Waals surface area contributed by atoms with Crippen LogP contribution in [-0.2, 0) is 6.42 Å². The highest BCUT2D eigenvalue weighted by atomic mass is 35.5. The lowest BCUT2D eigenvalue weighted by molar-refractivity contribution is 0.129. The van der Waals surface area contributed by atoms with Gasteiger partial charge in [-0.05, 0) is 41.8 Å². The summed E-state index contributed by atoms with van der Waals surface area (Å²) in [6.45, 7) is 0.786. The molecule has 0 saturated heterocycles. The van der Waals surface area contributed by atoms with Crippen LogP contribution in [-0.4, -0.2) is 11.7 Å². The molecule has 0 aliphatic heterocycles. The molecule has 128 valence electrons. The molecule has 3 aromatic carbocycles. The third-order valence-corrected chi connectivity index (χ3v) is 4.56. The van der Waals surface area contributed by atoms with Gasteiger partial charge in [-0.2, -0.15) is 0 Å². The van der Waals surface area contributed by atoms with Crippen LogP contribution < -0.4 is 5.32 Å². The van der Waals surface area contributed by atoms with Gasteiger partial charge in [-0.1, -0.05) is 84.4 Å². The largest absolute Gasteiger partial charge is 0.386 e. The van der Waals surface area contributed by atoms with E-state index in [1.807, 2.05) is 72.8 Å². The normalized spacial score (nSPS) is 13.4. The van der Waals surface area contributed by atoms with Crippen LogP contribution in [0.25, 0.3) is 0 Å². The average molecular weight is 352 g/mol. The average Bonchev–Trinajstić information content (AvgIpc) is 2.67. The summed E-state index contributed by atoms with van der Waals surface area (Å²) in [6, 6.07) is 27.6. The highest BCUT2D eigenvalue weighted by Gasteiger charge is 2.22. The SMILES string of the molecule is O[C@@H](c1ccc(Cl)cc1)[C@@H](NCCc1ccccc1)c1ccccc1. The second-order valence-electron chi connectivity index (χ2n) is 6.07. The Morgan fingerprint density at radius 3 is 2.00 bits per heavy atom. The highest BCUT2D eigenvalue weighted by molar-refractivity contribution is 6.30. The molecule has 2 N–H and O–H groups in total. The summed E-state index contributed by atoms with van der Waals surface area (Å²) in [6.07, 6.45) is 0.271. The molecule has 3 heteroatoms. The van der Waals surface area contributed by atoms with Crippen LogP contribution in [0.2, 0.25) is 5.02 Å². The number of aliphatic hydroxyl groups is 1. The summed E-state index contributed by atoms with van der Waals surface area (Å²) < 4.78 is 0. The van der Waals surface area contributed by atoms with Crippen molar-refractivity contribution in [2.45, 2.75) is 18.6 Å². The maximum absolute atomic E-state index is 10.9. The van der Waals surface area contributed by atoms with E-state index in [2.05, 4.69) is 17.4 Å². The number of hydrogen-bond donors (Lipinski definition) is 2. The zero-order valence-corrected chi connectivity index (χ0v) is 14.7. The van der Waals surface area contributed by atoms with Crippen molar-refractivity contribution in [3.05, 3.63) is 107 Å². The van der Waals surface area contributed by atoms with Crippen LogP contribution in [0.5, 0.6) is 0 Å². The van der Waals surface area contributed by atoms with Crippen molar-refractivity contribution >= 4 is 11.6 Å². The van der Waals surface area contributed by atoms with Gasteiger partial charge < -0.3 is 10.4 Å². The van der Waals surface area contributed by atoms with Gasteiger partial charge in [0.05, 0.1) is 12.1 Å². The Morgan fingerprint density at radius 1 is 0.760 bits per heavy atom. The maximum atomic E-state index is 10.9. The Morgan fingerprint density at radius 2 is 1.36 bits per heavy atom. The zero-order valence-electron chi connectivity index (χ0n) is 14.0. The van der Waals surface area contributed by atoms with Crippen molar-refractivity contribution in [2.24, 2.45) is 0 Å². The van der Waals surface area contributed by atoms with Gasteiger partial charge in [0.15, 0.2) is 0 Å². The number of hydrogen-bond acceptors (Lipinski definition) is 2. The molecule has 0 aliphatic rings. The van der Waals surface area contributed by atoms with Crippen molar-refractivity contribution < 1.29 is 5.11 Å². The van der Waals surface area contributed by atoms with E-state index in [1.54, 1.807) is 0 Å². The van der Waals surface area contributed by atoms with E-state index in [-0.39, 0.29) is 6.04 Å². The second-order valence-corrected chi connectivity index (χ2v) is 6.51. The van der Waals surface area contributed by atoms with E-state index in [0.29, 0.717) is 5.02 Å². The standard InChI is InChI=1S/C22H22ClNO/c23-20-13-11-19(12-14-20)22(25)21(18-9-5-2-6-10-18)24-16-15-17-7-3-1-4-8-17/h1-14,21-22,24-25H,15-16H2/t21-,22-/m0/s1. The van der Waals surface area contributed by atoms with Gasteiger partial charge in [-0.3, -0.25) is 0 Å². The van der Waals surface area contributed by atoms with Crippen LogP contribution in [0.1, 0.15) is 28.8 Å². The Labute approximate surface area is 154 Å². The molecule has 0 spiro atoms. The molecule has 0 heterocycles. The van der Waals surface area contributed by atoms with Crippen LogP contribution in [0.15, 0.2) is 84.9 Å². The quantitative estimate of drug-likeness (QED) is 0.631. The van der Waals surface area contributed by atoms with Crippen LogP contribution in [0, 0.1) is 0 Å². The fraction of sp³-hybridized carbons (Fsp3) is 0.182. The Balaban J connectivity index is 1.74. The molecule has 0 unspecified atom stereocenters. The fourth-order valence-corrected chi connectivity index (χ4v) is 3.07. The number of rotatable bonds is 7. The lowest BCUT2D eigenvalue weighted by atomic mass is 9.95. The zero-order chi connectivity index (χ0) is 17.5. The minimum Gasteiger partial charge on any atom is -0.386 e. The molecular weight excluding hydrogens is 330 g/mol. The summed E-state index contributed by atoms with van der Waals surface area (Å²) in [5.74, 6) is 0. The van der Waals surface area contributed by atoms with Gasteiger partial charge in [-0.25, -0.2) is 0 Å². The predicted molar refractivity (Wildman–Crippen MR) is 104 cm³/mol. The Kier molecular flexibility index (Phi) is 6.24. The Bertz CT molecular complexity index is 759. The molecule has 0 amide bonds. The first-order chi connectivity index (χ1) is 12.2. The lowest BCUT2D eigenvalue weighted by Crippen LogP contribution is -2.29. The summed E-state index contributed by atoms with van der Waals surface area (Å²) >= 11 is 5.97. The smallest absolute Gasteiger partial charge is 0.0984 e. The van der Waals surface area contributed by atoms with E-state index in [1.165, 1.54) is 5.56 Å². The molecule has 25 heavy (non-hydrogen) atoms. The van der Waals surface area contributed by atoms with Crippen LogP contribution in [0.4, 0.5) is 0 Å². The first-order valence-electron chi connectivity index (χ1n) is 8.50. The minimum atomic E-state index is -0.643. The lowest BCUT2D eigenvalue weighted by Gasteiger charge is -2.25. The number of halogens is 1. The summed E-state index contributed by atoms with van der Waals surface area (Å²) in [5, 5.41) is 15.1. The first-order valence-corrected chi connectivity index (χ1v) is 8.87. The highest BCUT2D eigenvalue weighted by Crippen LogP contribution is 2.29. The van der Waals surface area contributed by atoms with Gasteiger partial charge in [-0.15, -0.1) is 0 Å². The van der Waals surface area contributed by atoms with Crippen molar-refractivity contribution in [3.63, 3.8) is 0 Å². The van der Waals surface area contributed by atoms with Crippen molar-refractivity contribution in [2.75, 3.05) is 6.54 Å². The van der Waals surface area contributed by atoms with E-state index < -0.39 is 6.10 Å². The Hall–Kier alpha value is -2.13. The van der Waals surface area contributed by atoms with Gasteiger partial charge in [0.25, 0.3) is 0 Å². The van der Waals surface area contributed by atoms with Crippen molar-refractivity contribution in [3.8, 4) is 0 Å². The van der Waals surface area contributed by atoms with E-state index >= 15 is 0 Å². The van der Waals surface area contributed by atoms with Crippen LogP contribution >= 0.6 is 11.6 Å². The van der Waals surface area contributed by atoms with E-state index in [9.17, 15) is 5.11 Å². The van der Waals surface area contributed by atoms with Gasteiger partial charge in [0.2, 0.25) is 0 Å². The third kappa shape index (κ3) is 4.93. The molecule has 0 fully saturated rings. The summed E-state index contributed by atoms with van der Waals surface area (Å²) in [7, 11) is 0. The summed E-state index contributed by atoms with van der Waals surface area (Å²) in [5.41, 5.74) is 3.20. The number of aliphatic hydroxyl groups excluding tert-OH is 1. The topological polar surface area (TPSA) is 32.3 Å². The molecule has 3 rings (SSSR count). The third-order valence-electron chi connectivity index (χ3n) is 4.31. The number of nitrogens with one attached hydrogen (secondary N) is 1. The maximum Gasteiger partial charge on any atom is 0.0984 e. The predicted octanol–water partition coefficient (Wildman–Crippen LogP) is 4.95. The molecule has 3 aromatic rings. The molecule has 0 aromatic heterocycles. The molecule has 2 atom stereocenters. The monoisotopic (exact) mass is 351 g/mol. The second kappa shape index (κ2) is 8.82. The first kappa shape index (κ1) is 17.7. The molecule has 2 nitrogen and oxygen atoms in total. The van der Waals surface area contributed by atoms with Crippen LogP contribution in [0.3, 0.4) is 0 Å².